The van der Waals surface area contributed by atoms with Crippen molar-refractivity contribution in [3.8, 4) is 28.8 Å². The molecule has 0 aliphatic carbocycles. The van der Waals surface area contributed by atoms with Gasteiger partial charge in [0, 0.05) is 30.1 Å². The van der Waals surface area contributed by atoms with Gasteiger partial charge in [-0.15, -0.1) is 0 Å². The van der Waals surface area contributed by atoms with Gasteiger partial charge in [-0.1, -0.05) is 13.3 Å². The molecule has 0 saturated heterocycles. The lowest BCUT2D eigenvalue weighted by molar-refractivity contribution is 0.0687. The van der Waals surface area contributed by atoms with Crippen LogP contribution in [0.15, 0.2) is 42.7 Å². The van der Waals surface area contributed by atoms with Crippen molar-refractivity contribution in [2.45, 2.75) is 26.3 Å². The van der Waals surface area contributed by atoms with Crippen LogP contribution in [0.5, 0.6) is 11.5 Å². The Morgan fingerprint density at radius 2 is 1.97 bits per heavy atom. The summed E-state index contributed by atoms with van der Waals surface area (Å²) in [5.74, 6) is -2.04. The molecule has 2 aromatic heterocycles. The lowest BCUT2D eigenvalue weighted by atomic mass is 10.1. The second-order valence-electron chi connectivity index (χ2n) is 8.36. The lowest BCUT2D eigenvalue weighted by Crippen LogP contribution is -2.13. The van der Waals surface area contributed by atoms with E-state index in [9.17, 15) is 23.9 Å². The number of hydrogen-bond donors (Lipinski definition) is 2. The number of ether oxygens (including phenoxy) is 2. The smallest absolute Gasteiger partial charge is 0.342 e. The first kappa shape index (κ1) is 26.3. The maximum Gasteiger partial charge on any atom is 0.342 e. The van der Waals surface area contributed by atoms with Crippen molar-refractivity contribution in [1.82, 2.24) is 14.5 Å². The molecule has 11 heteroatoms. The van der Waals surface area contributed by atoms with Gasteiger partial charge in [-0.05, 0) is 36.8 Å². The molecule has 0 spiro atoms. The number of aromatic carboxylic acids is 1. The van der Waals surface area contributed by atoms with Crippen LogP contribution in [0, 0.1) is 23.0 Å². The van der Waals surface area contributed by atoms with Crippen LogP contribution in [0.4, 0.5) is 14.6 Å². The number of unbranched alkanes of at least 4 members (excludes halogenated alkanes) is 1. The largest absolute Gasteiger partial charge is 0.496 e. The normalized spacial score (nSPS) is 10.8. The highest BCUT2D eigenvalue weighted by atomic mass is 19.1. The van der Waals surface area contributed by atoms with E-state index in [4.69, 9.17) is 9.47 Å². The summed E-state index contributed by atoms with van der Waals surface area (Å²) in [4.78, 5) is 19.9. The van der Waals surface area contributed by atoms with E-state index in [1.54, 1.807) is 16.7 Å². The van der Waals surface area contributed by atoms with Crippen LogP contribution in [0.3, 0.4) is 0 Å². The molecule has 0 aliphatic heterocycles. The van der Waals surface area contributed by atoms with Gasteiger partial charge >= 0.3 is 5.97 Å². The van der Waals surface area contributed by atoms with Crippen molar-refractivity contribution in [1.29, 1.82) is 5.26 Å². The molecule has 38 heavy (non-hydrogen) atoms. The fraction of sp³-hybridized carbons (Fsp3) is 0.259. The highest BCUT2D eigenvalue weighted by Gasteiger charge is 2.20. The molecule has 0 radical (unpaired) electrons. The first-order chi connectivity index (χ1) is 18.4. The van der Waals surface area contributed by atoms with Crippen molar-refractivity contribution in [2.75, 3.05) is 25.6 Å². The number of carboxylic acid groups (broad SMARTS) is 1. The van der Waals surface area contributed by atoms with Crippen LogP contribution in [0.25, 0.3) is 22.2 Å². The minimum Gasteiger partial charge on any atom is -0.496 e. The average molecular weight is 522 g/mol. The number of carbonyl (C=O) groups is 1. The van der Waals surface area contributed by atoms with Gasteiger partial charge in [0.05, 0.1) is 24.9 Å². The van der Waals surface area contributed by atoms with Gasteiger partial charge in [-0.3, -0.25) is 0 Å². The van der Waals surface area contributed by atoms with E-state index in [2.05, 4.69) is 21.4 Å². The van der Waals surface area contributed by atoms with E-state index in [-0.39, 0.29) is 36.7 Å². The first-order valence-corrected chi connectivity index (χ1v) is 11.9. The number of nitriles is 1. The van der Waals surface area contributed by atoms with Crippen LogP contribution in [0.2, 0.25) is 0 Å². The number of benzene rings is 2. The van der Waals surface area contributed by atoms with Crippen LogP contribution < -0.4 is 14.8 Å². The van der Waals surface area contributed by atoms with Crippen LogP contribution in [0.1, 0.15) is 35.8 Å². The number of anilines is 1. The fourth-order valence-corrected chi connectivity index (χ4v) is 4.10. The zero-order valence-electron chi connectivity index (χ0n) is 20.8. The summed E-state index contributed by atoms with van der Waals surface area (Å²) in [6, 6.07) is 10.6. The monoisotopic (exact) mass is 521 g/mol. The van der Waals surface area contributed by atoms with E-state index < -0.39 is 23.2 Å². The lowest BCUT2D eigenvalue weighted by Gasteiger charge is -2.13. The number of halogens is 2. The van der Waals surface area contributed by atoms with Gasteiger partial charge in [0.25, 0.3) is 0 Å². The Morgan fingerprint density at radius 3 is 2.68 bits per heavy atom. The predicted molar refractivity (Wildman–Crippen MR) is 136 cm³/mol. The standard InChI is InChI=1S/C27H25F2N5O4/c1-3-4-9-38-23-11-16(10-20(29)25(23)27(35)36)21-13-24(33-15-32-21)31-7-8-34-17(14-30)12-18-22(37-2)6-5-19(28)26(18)34/h5-6,10-13,15H,3-4,7-9H2,1-2H3,(H,35,36)(H,31,32,33). The summed E-state index contributed by atoms with van der Waals surface area (Å²) in [5.41, 5.74) is 0.669. The highest BCUT2D eigenvalue weighted by Crippen LogP contribution is 2.32. The molecule has 0 atom stereocenters. The van der Waals surface area contributed by atoms with Crippen LogP contribution >= 0.6 is 0 Å². The quantitative estimate of drug-likeness (QED) is 0.257. The van der Waals surface area contributed by atoms with E-state index in [0.29, 0.717) is 34.6 Å². The Labute approximate surface area is 217 Å². The Hall–Kier alpha value is -4.72. The van der Waals surface area contributed by atoms with E-state index in [1.165, 1.54) is 31.6 Å². The Morgan fingerprint density at radius 1 is 1.16 bits per heavy atom. The summed E-state index contributed by atoms with van der Waals surface area (Å²) in [5, 5.41) is 22.6. The Balaban J connectivity index is 1.57. The molecule has 0 fully saturated rings. The Kier molecular flexibility index (Phi) is 8.01. The van der Waals surface area contributed by atoms with Gasteiger partial charge in [0.15, 0.2) is 0 Å². The molecule has 0 amide bonds. The molecule has 2 N–H and O–H groups in total. The third-order valence-electron chi connectivity index (χ3n) is 5.93. The van der Waals surface area contributed by atoms with Crippen molar-refractivity contribution in [2.24, 2.45) is 0 Å². The van der Waals surface area contributed by atoms with Crippen molar-refractivity contribution < 1.29 is 28.2 Å². The van der Waals surface area contributed by atoms with E-state index >= 15 is 0 Å². The number of hydrogen-bond acceptors (Lipinski definition) is 7. The van der Waals surface area contributed by atoms with Crippen molar-refractivity contribution in [3.05, 3.63) is 65.6 Å². The number of aromatic nitrogens is 3. The van der Waals surface area contributed by atoms with E-state index in [1.807, 2.05) is 6.92 Å². The summed E-state index contributed by atoms with van der Waals surface area (Å²) < 4.78 is 41.8. The third-order valence-corrected chi connectivity index (χ3v) is 5.93. The molecule has 0 aliphatic rings. The van der Waals surface area contributed by atoms with Crippen LogP contribution in [-0.4, -0.2) is 45.9 Å². The zero-order chi connectivity index (χ0) is 27.2. The number of nitrogens with zero attached hydrogens (tertiary/aromatic N) is 4. The SMILES string of the molecule is CCCCOc1cc(-c2cc(NCCn3c(C#N)cc4c(OC)ccc(F)c43)ncn2)cc(F)c1C(=O)O. The molecule has 196 valence electrons. The second-order valence-corrected chi connectivity index (χ2v) is 8.36. The summed E-state index contributed by atoms with van der Waals surface area (Å²) in [6.07, 6.45) is 2.81. The zero-order valence-corrected chi connectivity index (χ0v) is 20.8. The molecule has 0 saturated carbocycles. The molecule has 0 bridgehead atoms. The maximum absolute atomic E-state index is 14.7. The van der Waals surface area contributed by atoms with Gasteiger partial charge in [-0.2, -0.15) is 5.26 Å². The molecule has 0 unspecified atom stereocenters. The number of fused-ring (bicyclic) bond motifs is 1. The molecule has 2 aromatic carbocycles. The number of rotatable bonds is 11. The predicted octanol–water partition coefficient (Wildman–Crippen LogP) is 5.25. The molecular formula is C27H25F2N5O4. The third kappa shape index (κ3) is 5.34. The molecule has 2 heterocycles. The summed E-state index contributed by atoms with van der Waals surface area (Å²) in [7, 11) is 1.48. The molecule has 9 nitrogen and oxygen atoms in total. The fourth-order valence-electron chi connectivity index (χ4n) is 4.10. The van der Waals surface area contributed by atoms with Gasteiger partial charge in [0.2, 0.25) is 0 Å². The van der Waals surface area contributed by atoms with Crippen molar-refractivity contribution >= 4 is 22.7 Å². The molecular weight excluding hydrogens is 496 g/mol. The maximum atomic E-state index is 14.7. The van der Waals surface area contributed by atoms with Gasteiger partial charge in [-0.25, -0.2) is 23.5 Å². The second kappa shape index (κ2) is 11.6. The Bertz CT molecular complexity index is 1530. The van der Waals surface area contributed by atoms with Crippen molar-refractivity contribution in [3.63, 3.8) is 0 Å². The van der Waals surface area contributed by atoms with Gasteiger partial charge in [0.1, 0.15) is 52.6 Å². The first-order valence-electron chi connectivity index (χ1n) is 11.9. The molecule has 4 aromatic rings. The van der Waals surface area contributed by atoms with E-state index in [0.717, 1.165) is 12.5 Å². The minimum atomic E-state index is -1.42. The summed E-state index contributed by atoms with van der Waals surface area (Å²) >= 11 is 0. The van der Waals surface area contributed by atoms with Gasteiger partial charge < -0.3 is 24.5 Å². The minimum absolute atomic E-state index is 0.0740. The average Bonchev–Trinajstić information content (AvgIpc) is 3.28. The number of carboxylic acids is 1. The van der Waals surface area contributed by atoms with Crippen LogP contribution in [-0.2, 0) is 6.54 Å². The topological polar surface area (TPSA) is 122 Å². The number of methoxy groups -OCH3 is 1. The highest BCUT2D eigenvalue weighted by molar-refractivity contribution is 5.92. The number of nitrogens with one attached hydrogen (secondary N) is 1. The summed E-state index contributed by atoms with van der Waals surface area (Å²) in [6.45, 7) is 2.74. The molecule has 4 rings (SSSR count).